The first-order valence-corrected chi connectivity index (χ1v) is 7.36. The molecule has 0 fully saturated rings. The average molecular weight is 303 g/mol. The number of nitrogens with one attached hydrogen (secondary N) is 2. The van der Waals surface area contributed by atoms with Crippen LogP contribution in [-0.4, -0.2) is 11.4 Å². The van der Waals surface area contributed by atoms with Crippen LogP contribution in [0.5, 0.6) is 0 Å². The molecule has 1 amide bonds. The van der Waals surface area contributed by atoms with E-state index in [0.29, 0.717) is 6.41 Å². The molecule has 4 nitrogen and oxygen atoms in total. The average Bonchev–Trinajstić information content (AvgIpc) is 2.65. The summed E-state index contributed by atoms with van der Waals surface area (Å²) in [5.74, 6) is 0. The number of pyridine rings is 1. The lowest BCUT2D eigenvalue weighted by molar-refractivity contribution is -0.110. The fourth-order valence-corrected chi connectivity index (χ4v) is 2.83. The van der Waals surface area contributed by atoms with Gasteiger partial charge in [0.25, 0.3) is 0 Å². The molecule has 23 heavy (non-hydrogen) atoms. The molecule has 2 aromatic carbocycles. The Morgan fingerprint density at radius 3 is 1.70 bits per heavy atom. The Morgan fingerprint density at radius 2 is 1.22 bits per heavy atom. The minimum absolute atomic E-state index is 0.641. The number of carbonyl (C=O) groups is 1. The van der Waals surface area contributed by atoms with Crippen LogP contribution in [0.3, 0.4) is 0 Å². The third-order valence-electron chi connectivity index (χ3n) is 3.85. The zero-order chi connectivity index (χ0) is 16.0. The molecule has 0 saturated heterocycles. The Labute approximate surface area is 135 Å². The van der Waals surface area contributed by atoms with Gasteiger partial charge in [0.1, 0.15) is 5.54 Å². The molecule has 3 rings (SSSR count). The van der Waals surface area contributed by atoms with E-state index in [-0.39, 0.29) is 0 Å². The van der Waals surface area contributed by atoms with Gasteiger partial charge in [-0.2, -0.15) is 0 Å². The predicted octanol–water partition coefficient (Wildman–Crippen LogP) is 2.62. The zero-order valence-electron chi connectivity index (χ0n) is 12.5. The van der Waals surface area contributed by atoms with Gasteiger partial charge in [-0.05, 0) is 28.8 Å². The largest absolute Gasteiger partial charge is 0.293 e. The lowest BCUT2D eigenvalue weighted by atomic mass is 9.78. The molecule has 0 spiro atoms. The van der Waals surface area contributed by atoms with E-state index in [1.807, 2.05) is 72.8 Å². The van der Waals surface area contributed by atoms with Crippen LogP contribution in [0.4, 0.5) is 0 Å². The topological polar surface area (TPSA) is 54.0 Å². The number of hydrogen-bond donors (Lipinski definition) is 2. The van der Waals surface area contributed by atoms with Crippen molar-refractivity contribution in [3.8, 4) is 0 Å². The quantitative estimate of drug-likeness (QED) is 0.544. The molecule has 0 aliphatic carbocycles. The summed E-state index contributed by atoms with van der Waals surface area (Å²) in [4.78, 5) is 15.1. The van der Waals surface area contributed by atoms with Crippen molar-refractivity contribution in [2.24, 2.45) is 0 Å². The smallest absolute Gasteiger partial charge is 0.221 e. The Kier molecular flexibility index (Phi) is 4.45. The molecule has 0 aliphatic heterocycles. The molecule has 1 aromatic heterocycles. The molecule has 114 valence electrons. The summed E-state index contributed by atoms with van der Waals surface area (Å²) in [5, 5.41) is 0. The highest BCUT2D eigenvalue weighted by Gasteiger charge is 2.36. The second kappa shape index (κ2) is 6.85. The summed E-state index contributed by atoms with van der Waals surface area (Å²) in [5.41, 5.74) is 8.14. The molecule has 3 aromatic rings. The van der Waals surface area contributed by atoms with E-state index in [4.69, 9.17) is 0 Å². The number of amides is 1. The van der Waals surface area contributed by atoms with E-state index in [1.165, 1.54) is 0 Å². The molecule has 4 heteroatoms. The van der Waals surface area contributed by atoms with Crippen LogP contribution in [0.2, 0.25) is 0 Å². The Hall–Kier alpha value is -2.98. The van der Waals surface area contributed by atoms with Crippen molar-refractivity contribution in [1.82, 2.24) is 15.8 Å². The molecule has 1 heterocycles. The van der Waals surface area contributed by atoms with Gasteiger partial charge in [0, 0.05) is 12.4 Å². The standard InChI is InChI=1S/C19H17N3O/c23-15-21-22-19(16-7-3-1-4-8-16,17-9-5-2-6-10-17)18-11-13-20-14-12-18/h1-15,22H,(H,21,23). The van der Waals surface area contributed by atoms with Crippen molar-refractivity contribution in [1.29, 1.82) is 0 Å². The monoisotopic (exact) mass is 303 g/mol. The van der Waals surface area contributed by atoms with Gasteiger partial charge in [0.2, 0.25) is 6.41 Å². The van der Waals surface area contributed by atoms with Crippen LogP contribution >= 0.6 is 0 Å². The maximum Gasteiger partial charge on any atom is 0.221 e. The van der Waals surface area contributed by atoms with Crippen LogP contribution in [0.15, 0.2) is 85.2 Å². The lowest BCUT2D eigenvalue weighted by Gasteiger charge is -2.36. The summed E-state index contributed by atoms with van der Waals surface area (Å²) in [7, 11) is 0. The SMILES string of the molecule is O=CNNC(c1ccccc1)(c1ccccc1)c1ccncc1. The van der Waals surface area contributed by atoms with Gasteiger partial charge in [0.15, 0.2) is 0 Å². The zero-order valence-corrected chi connectivity index (χ0v) is 12.5. The Bertz CT molecular complexity index is 649. The van der Waals surface area contributed by atoms with Crippen LogP contribution < -0.4 is 10.9 Å². The molecule has 0 radical (unpaired) electrons. The van der Waals surface area contributed by atoms with E-state index >= 15 is 0 Å². The molecular weight excluding hydrogens is 286 g/mol. The highest BCUT2D eigenvalue weighted by atomic mass is 16.1. The van der Waals surface area contributed by atoms with E-state index < -0.39 is 5.54 Å². The molecule has 2 N–H and O–H groups in total. The third-order valence-corrected chi connectivity index (χ3v) is 3.85. The van der Waals surface area contributed by atoms with Crippen LogP contribution in [0.1, 0.15) is 16.7 Å². The predicted molar refractivity (Wildman–Crippen MR) is 89.3 cm³/mol. The number of carbonyl (C=O) groups excluding carboxylic acids is 1. The Morgan fingerprint density at radius 1 is 0.739 bits per heavy atom. The molecule has 0 aliphatic rings. The van der Waals surface area contributed by atoms with Gasteiger partial charge in [0.05, 0.1) is 0 Å². The maximum atomic E-state index is 11.0. The first kappa shape index (κ1) is 14.9. The van der Waals surface area contributed by atoms with Gasteiger partial charge in [-0.1, -0.05) is 60.7 Å². The van der Waals surface area contributed by atoms with Gasteiger partial charge in [-0.25, -0.2) is 5.43 Å². The number of hydrazine groups is 1. The maximum absolute atomic E-state index is 11.0. The molecule has 0 unspecified atom stereocenters. The van der Waals surface area contributed by atoms with E-state index in [0.717, 1.165) is 16.7 Å². The van der Waals surface area contributed by atoms with E-state index in [9.17, 15) is 4.79 Å². The summed E-state index contributed by atoms with van der Waals surface area (Å²) in [6.45, 7) is 0. The number of aromatic nitrogens is 1. The van der Waals surface area contributed by atoms with Crippen molar-refractivity contribution >= 4 is 6.41 Å². The van der Waals surface area contributed by atoms with E-state index in [1.54, 1.807) is 12.4 Å². The van der Waals surface area contributed by atoms with Gasteiger partial charge >= 0.3 is 0 Å². The second-order valence-corrected chi connectivity index (χ2v) is 5.11. The van der Waals surface area contributed by atoms with Crippen LogP contribution in [0.25, 0.3) is 0 Å². The molecule has 0 saturated carbocycles. The van der Waals surface area contributed by atoms with Crippen molar-refractivity contribution in [2.45, 2.75) is 5.54 Å². The summed E-state index contributed by atoms with van der Waals surface area (Å²) < 4.78 is 0. The number of hydrogen-bond acceptors (Lipinski definition) is 3. The van der Waals surface area contributed by atoms with Gasteiger partial charge < -0.3 is 0 Å². The first-order chi connectivity index (χ1) is 11.4. The highest BCUT2D eigenvalue weighted by molar-refractivity contribution is 5.51. The van der Waals surface area contributed by atoms with Crippen molar-refractivity contribution in [2.75, 3.05) is 0 Å². The van der Waals surface area contributed by atoms with Gasteiger partial charge in [-0.15, -0.1) is 0 Å². The minimum Gasteiger partial charge on any atom is -0.293 e. The number of benzene rings is 2. The highest BCUT2D eigenvalue weighted by Crippen LogP contribution is 2.35. The Balaban J connectivity index is 2.27. The molecule has 0 bridgehead atoms. The van der Waals surface area contributed by atoms with Crippen LogP contribution in [-0.2, 0) is 10.3 Å². The molecular formula is C19H17N3O. The lowest BCUT2D eigenvalue weighted by Crippen LogP contribution is -2.51. The van der Waals surface area contributed by atoms with Crippen molar-refractivity contribution in [3.63, 3.8) is 0 Å². The number of rotatable bonds is 6. The number of nitrogens with zero attached hydrogens (tertiary/aromatic N) is 1. The normalized spacial score (nSPS) is 11.0. The summed E-state index contributed by atoms with van der Waals surface area (Å²) in [6.07, 6.45) is 4.14. The van der Waals surface area contributed by atoms with Crippen molar-refractivity contribution in [3.05, 3.63) is 102 Å². The summed E-state index contributed by atoms with van der Waals surface area (Å²) >= 11 is 0. The van der Waals surface area contributed by atoms with Crippen molar-refractivity contribution < 1.29 is 4.79 Å². The second-order valence-electron chi connectivity index (χ2n) is 5.11. The minimum atomic E-state index is -0.702. The fraction of sp³-hybridized carbons (Fsp3) is 0.0526. The fourth-order valence-electron chi connectivity index (χ4n) is 2.83. The van der Waals surface area contributed by atoms with E-state index in [2.05, 4.69) is 15.8 Å². The molecule has 0 atom stereocenters. The first-order valence-electron chi connectivity index (χ1n) is 7.36. The van der Waals surface area contributed by atoms with Gasteiger partial charge in [-0.3, -0.25) is 15.2 Å². The third kappa shape index (κ3) is 2.84. The summed E-state index contributed by atoms with van der Waals surface area (Å²) in [6, 6.07) is 23.9. The van der Waals surface area contributed by atoms with Crippen LogP contribution in [0, 0.1) is 0 Å².